The van der Waals surface area contributed by atoms with Crippen LogP contribution in [0.3, 0.4) is 0 Å². The highest BCUT2D eigenvalue weighted by molar-refractivity contribution is 7.89. The van der Waals surface area contributed by atoms with Gasteiger partial charge in [0, 0.05) is 10.6 Å². The molecule has 0 unspecified atom stereocenters. The third-order valence-electron chi connectivity index (χ3n) is 4.75. The Morgan fingerprint density at radius 2 is 1.79 bits per heavy atom. The van der Waals surface area contributed by atoms with Crippen molar-refractivity contribution >= 4 is 21.6 Å². The summed E-state index contributed by atoms with van der Waals surface area (Å²) in [7, 11) is -3.53. The maximum Gasteiger partial charge on any atom is 0.271 e. The average molecular weight is 420 g/mol. The van der Waals surface area contributed by atoms with Crippen LogP contribution in [-0.4, -0.2) is 49.1 Å². The minimum Gasteiger partial charge on any atom is -0.415 e. The van der Waals surface area contributed by atoms with Gasteiger partial charge in [-0.2, -0.15) is 4.31 Å². The first kappa shape index (κ1) is 19.1. The Labute approximate surface area is 168 Å². The van der Waals surface area contributed by atoms with Crippen LogP contribution in [0.2, 0.25) is 5.02 Å². The predicted molar refractivity (Wildman–Crippen MR) is 104 cm³/mol. The quantitative estimate of drug-likeness (QED) is 0.677. The van der Waals surface area contributed by atoms with Gasteiger partial charge in [0.25, 0.3) is 5.89 Å². The summed E-state index contributed by atoms with van der Waals surface area (Å²) in [6.45, 7) is 2.78. The Morgan fingerprint density at radius 3 is 2.50 bits per heavy atom. The molecule has 28 heavy (non-hydrogen) atoms. The predicted octanol–water partition coefficient (Wildman–Crippen LogP) is 1.48. The van der Waals surface area contributed by atoms with Crippen LogP contribution in [0.25, 0.3) is 11.5 Å². The van der Waals surface area contributed by atoms with E-state index in [-0.39, 0.29) is 4.90 Å². The fourth-order valence-electron chi connectivity index (χ4n) is 3.23. The largest absolute Gasteiger partial charge is 0.415 e. The number of hydrogen-bond acceptors (Lipinski definition) is 5. The van der Waals surface area contributed by atoms with Crippen LogP contribution in [-0.2, 0) is 16.6 Å². The van der Waals surface area contributed by atoms with Gasteiger partial charge in [-0.1, -0.05) is 35.9 Å². The third-order valence-corrected chi connectivity index (χ3v) is 6.88. The van der Waals surface area contributed by atoms with Crippen molar-refractivity contribution in [2.45, 2.75) is 11.4 Å². The van der Waals surface area contributed by atoms with Crippen molar-refractivity contribution in [3.63, 3.8) is 0 Å². The van der Waals surface area contributed by atoms with E-state index >= 15 is 0 Å². The SMILES string of the molecule is O=S(=O)(c1cccc(Cl)c1)N1CC[NH+](Cc2nnc(-c3ccccc3)o2)CC1. The molecule has 1 saturated heterocycles. The second-order valence-electron chi connectivity index (χ2n) is 6.66. The number of piperazine rings is 1. The van der Waals surface area contributed by atoms with E-state index in [9.17, 15) is 8.42 Å². The van der Waals surface area contributed by atoms with E-state index in [1.165, 1.54) is 15.3 Å². The minimum atomic E-state index is -3.53. The molecule has 9 heteroatoms. The normalized spacial score (nSPS) is 16.3. The van der Waals surface area contributed by atoms with Gasteiger partial charge in [-0.3, -0.25) is 0 Å². The maximum atomic E-state index is 12.8. The molecule has 0 bridgehead atoms. The van der Waals surface area contributed by atoms with Crippen molar-refractivity contribution < 1.29 is 17.7 Å². The summed E-state index contributed by atoms with van der Waals surface area (Å²) in [5, 5.41) is 8.65. The second-order valence-corrected chi connectivity index (χ2v) is 9.03. The lowest BCUT2D eigenvalue weighted by Crippen LogP contribution is -3.13. The smallest absolute Gasteiger partial charge is 0.271 e. The van der Waals surface area contributed by atoms with Gasteiger partial charge < -0.3 is 9.32 Å². The van der Waals surface area contributed by atoms with Gasteiger partial charge in [-0.15, -0.1) is 10.2 Å². The lowest BCUT2D eigenvalue weighted by Gasteiger charge is -2.30. The van der Waals surface area contributed by atoms with Crippen LogP contribution in [0.5, 0.6) is 0 Å². The molecule has 146 valence electrons. The molecule has 0 saturated carbocycles. The van der Waals surface area contributed by atoms with Crippen molar-refractivity contribution in [2.24, 2.45) is 0 Å². The van der Waals surface area contributed by atoms with Crippen LogP contribution in [0.15, 0.2) is 63.9 Å². The number of aromatic nitrogens is 2. The minimum absolute atomic E-state index is 0.229. The first-order valence-electron chi connectivity index (χ1n) is 8.99. The summed E-state index contributed by atoms with van der Waals surface area (Å²) in [6, 6.07) is 16.0. The number of nitrogens with zero attached hydrogens (tertiary/aromatic N) is 3. The second kappa shape index (κ2) is 8.00. The van der Waals surface area contributed by atoms with Gasteiger partial charge in [0.2, 0.25) is 15.9 Å². The molecule has 2 aromatic carbocycles. The number of hydrogen-bond donors (Lipinski definition) is 1. The number of rotatable bonds is 5. The molecule has 3 aromatic rings. The molecule has 2 heterocycles. The molecule has 1 aromatic heterocycles. The Morgan fingerprint density at radius 1 is 1.04 bits per heavy atom. The molecule has 4 rings (SSSR count). The van der Waals surface area contributed by atoms with E-state index in [2.05, 4.69) is 10.2 Å². The van der Waals surface area contributed by atoms with Crippen LogP contribution in [0, 0.1) is 0 Å². The molecule has 0 amide bonds. The Balaban J connectivity index is 1.38. The van der Waals surface area contributed by atoms with Crippen molar-refractivity contribution in [3.8, 4) is 11.5 Å². The summed E-state index contributed by atoms with van der Waals surface area (Å²) < 4.78 is 32.8. The van der Waals surface area contributed by atoms with E-state index in [1.54, 1.807) is 18.2 Å². The Kier molecular flexibility index (Phi) is 5.45. The maximum absolute atomic E-state index is 12.8. The molecule has 7 nitrogen and oxygen atoms in total. The zero-order valence-electron chi connectivity index (χ0n) is 15.1. The number of benzene rings is 2. The van der Waals surface area contributed by atoms with Crippen LogP contribution < -0.4 is 4.90 Å². The number of halogens is 1. The molecule has 1 N–H and O–H groups in total. The number of quaternary nitrogens is 1. The fourth-order valence-corrected chi connectivity index (χ4v) is 4.98. The summed E-state index contributed by atoms with van der Waals surface area (Å²) in [4.78, 5) is 1.44. The van der Waals surface area contributed by atoms with Crippen LogP contribution in [0.4, 0.5) is 0 Å². The van der Waals surface area contributed by atoms with E-state index < -0.39 is 10.0 Å². The molecular weight excluding hydrogens is 400 g/mol. The van der Waals surface area contributed by atoms with Gasteiger partial charge in [0.1, 0.15) is 0 Å². The van der Waals surface area contributed by atoms with Crippen molar-refractivity contribution in [1.82, 2.24) is 14.5 Å². The van der Waals surface area contributed by atoms with E-state index in [0.717, 1.165) is 5.56 Å². The number of nitrogens with one attached hydrogen (secondary N) is 1. The van der Waals surface area contributed by atoms with Gasteiger partial charge in [0.05, 0.1) is 31.1 Å². The lowest BCUT2D eigenvalue weighted by atomic mass is 10.2. The summed E-state index contributed by atoms with van der Waals surface area (Å²) >= 11 is 5.94. The zero-order chi connectivity index (χ0) is 19.6. The van der Waals surface area contributed by atoms with Gasteiger partial charge >= 0.3 is 0 Å². The van der Waals surface area contributed by atoms with Gasteiger partial charge in [0.15, 0.2) is 6.54 Å². The summed E-state index contributed by atoms with van der Waals surface area (Å²) in [5.41, 5.74) is 0.883. The van der Waals surface area contributed by atoms with E-state index in [0.29, 0.717) is 49.5 Å². The van der Waals surface area contributed by atoms with E-state index in [4.69, 9.17) is 16.0 Å². The monoisotopic (exact) mass is 419 g/mol. The van der Waals surface area contributed by atoms with Gasteiger partial charge in [-0.05, 0) is 30.3 Å². The van der Waals surface area contributed by atoms with Crippen molar-refractivity contribution in [1.29, 1.82) is 0 Å². The molecule has 0 radical (unpaired) electrons. The lowest BCUT2D eigenvalue weighted by molar-refractivity contribution is -0.918. The molecule has 0 atom stereocenters. The highest BCUT2D eigenvalue weighted by atomic mass is 35.5. The average Bonchev–Trinajstić information content (AvgIpc) is 3.18. The van der Waals surface area contributed by atoms with Crippen molar-refractivity contribution in [3.05, 3.63) is 65.5 Å². The first-order chi connectivity index (χ1) is 13.5. The van der Waals surface area contributed by atoms with Gasteiger partial charge in [-0.25, -0.2) is 8.42 Å². The molecule has 0 spiro atoms. The van der Waals surface area contributed by atoms with Crippen LogP contribution >= 0.6 is 11.6 Å². The molecule has 1 aliphatic heterocycles. The summed E-state index contributed by atoms with van der Waals surface area (Å²) in [6.07, 6.45) is 0. The highest BCUT2D eigenvalue weighted by Crippen LogP contribution is 2.20. The standard InChI is InChI=1S/C19H19ClN4O3S/c20-16-7-4-8-17(13-16)28(25,26)24-11-9-23(10-12-24)14-18-21-22-19(27-18)15-5-2-1-3-6-15/h1-8,13H,9-12,14H2/p+1. The molecule has 1 fully saturated rings. The highest BCUT2D eigenvalue weighted by Gasteiger charge is 2.31. The van der Waals surface area contributed by atoms with E-state index in [1.807, 2.05) is 30.3 Å². The Bertz CT molecular complexity index is 1050. The summed E-state index contributed by atoms with van der Waals surface area (Å²) in [5.74, 6) is 1.05. The Hall–Kier alpha value is -2.26. The first-order valence-corrected chi connectivity index (χ1v) is 10.8. The molecular formula is C19H20ClN4O3S+. The molecule has 0 aliphatic carbocycles. The topological polar surface area (TPSA) is 80.7 Å². The van der Waals surface area contributed by atoms with Crippen molar-refractivity contribution in [2.75, 3.05) is 26.2 Å². The van der Waals surface area contributed by atoms with Crippen LogP contribution in [0.1, 0.15) is 5.89 Å². The fraction of sp³-hybridized carbons (Fsp3) is 0.263. The molecule has 1 aliphatic rings. The third kappa shape index (κ3) is 4.10. The zero-order valence-corrected chi connectivity index (χ0v) is 16.7. The number of sulfonamides is 1.